The molecule has 1 aliphatic heterocycles. The standard InChI is InChI=1S/C19H18O7/c20-14-11-24-19(23)16(26-18(22)13-9-5-2-6-10-13)15(14)25-17(21)12-7-3-1-4-8-12/h1-10,14-16,19-20,23H,11H2/t14-,15?,16-,19+/m0/s1. The van der Waals surface area contributed by atoms with Gasteiger partial charge in [0.25, 0.3) is 0 Å². The van der Waals surface area contributed by atoms with Crippen LogP contribution >= 0.6 is 0 Å². The SMILES string of the molecule is O=C(OC1[C@@H](O)CO[C@@H](O)[C@H]1OC(=O)c1ccccc1)c1ccccc1. The van der Waals surface area contributed by atoms with Gasteiger partial charge in [-0.2, -0.15) is 0 Å². The summed E-state index contributed by atoms with van der Waals surface area (Å²) < 4.78 is 15.6. The molecule has 4 atom stereocenters. The van der Waals surface area contributed by atoms with Gasteiger partial charge in [-0.3, -0.25) is 0 Å². The molecule has 0 saturated carbocycles. The summed E-state index contributed by atoms with van der Waals surface area (Å²) in [6, 6.07) is 16.3. The molecule has 1 saturated heterocycles. The molecule has 136 valence electrons. The monoisotopic (exact) mass is 358 g/mol. The Morgan fingerprint density at radius 2 is 1.27 bits per heavy atom. The van der Waals surface area contributed by atoms with E-state index in [1.165, 1.54) is 0 Å². The van der Waals surface area contributed by atoms with Crippen LogP contribution in [0.4, 0.5) is 0 Å². The summed E-state index contributed by atoms with van der Waals surface area (Å²) in [4.78, 5) is 24.5. The normalized spacial score (nSPS) is 25.3. The van der Waals surface area contributed by atoms with Crippen molar-refractivity contribution < 1.29 is 34.0 Å². The predicted molar refractivity (Wildman–Crippen MR) is 89.3 cm³/mol. The summed E-state index contributed by atoms with van der Waals surface area (Å²) in [5.74, 6) is -1.43. The van der Waals surface area contributed by atoms with Gasteiger partial charge in [0.1, 0.15) is 6.10 Å². The molecule has 0 aromatic heterocycles. The molecule has 2 N–H and O–H groups in total. The molecule has 0 radical (unpaired) electrons. The van der Waals surface area contributed by atoms with Crippen LogP contribution in [0.1, 0.15) is 20.7 Å². The van der Waals surface area contributed by atoms with E-state index < -0.39 is 36.5 Å². The summed E-state index contributed by atoms with van der Waals surface area (Å²) in [5.41, 5.74) is 0.529. The molecular weight excluding hydrogens is 340 g/mol. The number of carbonyl (C=O) groups is 2. The van der Waals surface area contributed by atoms with Crippen molar-refractivity contribution in [2.45, 2.75) is 24.6 Å². The van der Waals surface area contributed by atoms with Crippen LogP contribution in [0.5, 0.6) is 0 Å². The maximum Gasteiger partial charge on any atom is 0.338 e. The number of rotatable bonds is 4. The fourth-order valence-electron chi connectivity index (χ4n) is 2.57. The van der Waals surface area contributed by atoms with Crippen molar-refractivity contribution in [1.82, 2.24) is 0 Å². The highest BCUT2D eigenvalue weighted by Gasteiger charge is 2.44. The average Bonchev–Trinajstić information content (AvgIpc) is 2.68. The van der Waals surface area contributed by atoms with Crippen LogP contribution in [-0.4, -0.2) is 53.4 Å². The number of hydrogen-bond donors (Lipinski definition) is 2. The molecule has 2 aromatic rings. The third-order valence-electron chi connectivity index (χ3n) is 3.93. The highest BCUT2D eigenvalue weighted by atomic mass is 16.7. The lowest BCUT2D eigenvalue weighted by Crippen LogP contribution is -2.56. The van der Waals surface area contributed by atoms with E-state index in [4.69, 9.17) is 14.2 Å². The largest absolute Gasteiger partial charge is 0.452 e. The third-order valence-corrected chi connectivity index (χ3v) is 3.93. The fourth-order valence-corrected chi connectivity index (χ4v) is 2.57. The number of hydrogen-bond acceptors (Lipinski definition) is 7. The summed E-state index contributed by atoms with van der Waals surface area (Å²) in [5, 5.41) is 20.2. The van der Waals surface area contributed by atoms with Crippen LogP contribution in [0.3, 0.4) is 0 Å². The number of aliphatic hydroxyl groups is 2. The van der Waals surface area contributed by atoms with Crippen LogP contribution in [0.2, 0.25) is 0 Å². The molecule has 0 aliphatic carbocycles. The zero-order valence-corrected chi connectivity index (χ0v) is 13.7. The Balaban J connectivity index is 1.76. The lowest BCUT2D eigenvalue weighted by Gasteiger charge is -2.37. The molecule has 3 rings (SSSR count). The van der Waals surface area contributed by atoms with E-state index in [0.717, 1.165) is 0 Å². The lowest BCUT2D eigenvalue weighted by molar-refractivity contribution is -0.251. The van der Waals surface area contributed by atoms with Gasteiger partial charge >= 0.3 is 11.9 Å². The molecular formula is C19H18O7. The minimum absolute atomic E-state index is 0.257. The minimum atomic E-state index is -1.53. The maximum absolute atomic E-state index is 12.3. The van der Waals surface area contributed by atoms with Crippen LogP contribution in [0.25, 0.3) is 0 Å². The maximum atomic E-state index is 12.3. The van der Waals surface area contributed by atoms with Gasteiger partial charge in [0.2, 0.25) is 0 Å². The Kier molecular flexibility index (Phi) is 5.62. The van der Waals surface area contributed by atoms with Crippen molar-refractivity contribution in [3.63, 3.8) is 0 Å². The molecule has 1 fully saturated rings. The van der Waals surface area contributed by atoms with Gasteiger partial charge in [0.05, 0.1) is 17.7 Å². The molecule has 0 amide bonds. The first-order valence-corrected chi connectivity index (χ1v) is 8.06. The Labute approximate surface area is 149 Å². The van der Waals surface area contributed by atoms with Crippen LogP contribution in [-0.2, 0) is 14.2 Å². The summed E-state index contributed by atoms with van der Waals surface area (Å²) in [7, 11) is 0. The smallest absolute Gasteiger partial charge is 0.338 e. The van der Waals surface area contributed by atoms with E-state index >= 15 is 0 Å². The molecule has 1 aliphatic rings. The van der Waals surface area contributed by atoms with Crippen LogP contribution < -0.4 is 0 Å². The highest BCUT2D eigenvalue weighted by Crippen LogP contribution is 2.23. The van der Waals surface area contributed by atoms with E-state index in [1.54, 1.807) is 60.7 Å². The first-order valence-electron chi connectivity index (χ1n) is 8.06. The topological polar surface area (TPSA) is 102 Å². The van der Waals surface area contributed by atoms with E-state index in [1.807, 2.05) is 0 Å². The molecule has 1 unspecified atom stereocenters. The van der Waals surface area contributed by atoms with E-state index in [9.17, 15) is 19.8 Å². The third kappa shape index (κ3) is 4.08. The van der Waals surface area contributed by atoms with E-state index in [0.29, 0.717) is 0 Å². The van der Waals surface area contributed by atoms with Gasteiger partial charge in [-0.25, -0.2) is 9.59 Å². The van der Waals surface area contributed by atoms with Gasteiger partial charge in [0, 0.05) is 0 Å². The summed E-state index contributed by atoms with van der Waals surface area (Å²) in [6.07, 6.45) is -5.41. The molecule has 26 heavy (non-hydrogen) atoms. The first kappa shape index (κ1) is 18.1. The predicted octanol–water partition coefficient (Wildman–Crippen LogP) is 1.15. The molecule has 7 heteroatoms. The van der Waals surface area contributed by atoms with Crippen molar-refractivity contribution in [2.75, 3.05) is 6.61 Å². The van der Waals surface area contributed by atoms with Gasteiger partial charge < -0.3 is 24.4 Å². The number of ether oxygens (including phenoxy) is 3. The Hall–Kier alpha value is -2.74. The molecule has 0 spiro atoms. The zero-order chi connectivity index (χ0) is 18.5. The van der Waals surface area contributed by atoms with Gasteiger partial charge in [0.15, 0.2) is 18.5 Å². The molecule has 2 aromatic carbocycles. The second kappa shape index (κ2) is 8.09. The zero-order valence-electron chi connectivity index (χ0n) is 13.7. The van der Waals surface area contributed by atoms with Crippen molar-refractivity contribution in [1.29, 1.82) is 0 Å². The second-order valence-electron chi connectivity index (χ2n) is 5.76. The summed E-state index contributed by atoms with van der Waals surface area (Å²) >= 11 is 0. The van der Waals surface area contributed by atoms with Gasteiger partial charge in [-0.05, 0) is 24.3 Å². The molecule has 1 heterocycles. The Bertz CT molecular complexity index is 681. The van der Waals surface area contributed by atoms with E-state index in [2.05, 4.69) is 0 Å². The average molecular weight is 358 g/mol. The number of benzene rings is 2. The first-order chi connectivity index (χ1) is 12.6. The number of aliphatic hydroxyl groups excluding tert-OH is 2. The molecule has 0 bridgehead atoms. The highest BCUT2D eigenvalue weighted by molar-refractivity contribution is 5.90. The fraction of sp³-hybridized carbons (Fsp3) is 0.263. The van der Waals surface area contributed by atoms with Crippen LogP contribution in [0, 0.1) is 0 Å². The van der Waals surface area contributed by atoms with Crippen molar-refractivity contribution in [3.05, 3.63) is 71.8 Å². The summed E-state index contributed by atoms with van der Waals surface area (Å²) in [6.45, 7) is -0.257. The van der Waals surface area contributed by atoms with Crippen molar-refractivity contribution in [3.8, 4) is 0 Å². The Morgan fingerprint density at radius 3 is 1.77 bits per heavy atom. The number of carbonyl (C=O) groups excluding carboxylic acids is 2. The lowest BCUT2D eigenvalue weighted by atomic mass is 10.0. The molecule has 7 nitrogen and oxygen atoms in total. The van der Waals surface area contributed by atoms with Crippen LogP contribution in [0.15, 0.2) is 60.7 Å². The van der Waals surface area contributed by atoms with Crippen molar-refractivity contribution >= 4 is 11.9 Å². The minimum Gasteiger partial charge on any atom is -0.452 e. The second-order valence-corrected chi connectivity index (χ2v) is 5.76. The van der Waals surface area contributed by atoms with E-state index in [-0.39, 0.29) is 17.7 Å². The van der Waals surface area contributed by atoms with Gasteiger partial charge in [-0.1, -0.05) is 36.4 Å². The number of esters is 2. The Morgan fingerprint density at radius 1 is 0.808 bits per heavy atom. The van der Waals surface area contributed by atoms with Crippen molar-refractivity contribution in [2.24, 2.45) is 0 Å². The quantitative estimate of drug-likeness (QED) is 0.790. The van der Waals surface area contributed by atoms with Gasteiger partial charge in [-0.15, -0.1) is 0 Å².